The highest BCUT2D eigenvalue weighted by atomic mass is 79.9. The van der Waals surface area contributed by atoms with E-state index in [4.69, 9.17) is 23.8 Å². The van der Waals surface area contributed by atoms with Crippen LogP contribution < -0.4 is 0 Å². The summed E-state index contributed by atoms with van der Waals surface area (Å²) >= 11 is 14.5. The zero-order valence-corrected chi connectivity index (χ0v) is 12.3. The maximum atomic E-state index is 5.94. The van der Waals surface area contributed by atoms with Gasteiger partial charge >= 0.3 is 0 Å². The average Bonchev–Trinajstić information content (AvgIpc) is 2.26. The van der Waals surface area contributed by atoms with Crippen LogP contribution in [0.25, 0.3) is 0 Å². The molecule has 0 fully saturated rings. The SMILES string of the molecule is Cc1[nH]c(Cc2cccc(Cl)c2)nc(=S)c1Br. The Kier molecular flexibility index (Phi) is 3.97. The lowest BCUT2D eigenvalue weighted by molar-refractivity contribution is 0.926. The summed E-state index contributed by atoms with van der Waals surface area (Å²) in [4.78, 5) is 7.54. The second kappa shape index (κ2) is 5.29. The molecule has 1 heterocycles. The van der Waals surface area contributed by atoms with Crippen molar-refractivity contribution in [2.75, 3.05) is 0 Å². The van der Waals surface area contributed by atoms with Crippen LogP contribution in [0.5, 0.6) is 0 Å². The molecule has 5 heteroatoms. The summed E-state index contributed by atoms with van der Waals surface area (Å²) in [6, 6.07) is 7.73. The Hall–Kier alpha value is -0.710. The molecule has 0 saturated heterocycles. The molecule has 2 aromatic rings. The van der Waals surface area contributed by atoms with Gasteiger partial charge in [-0.15, -0.1) is 0 Å². The van der Waals surface area contributed by atoms with Crippen molar-refractivity contribution >= 4 is 39.7 Å². The third kappa shape index (κ3) is 3.15. The van der Waals surface area contributed by atoms with Gasteiger partial charge in [-0.1, -0.05) is 36.0 Å². The minimum atomic E-state index is 0.582. The van der Waals surface area contributed by atoms with Crippen molar-refractivity contribution in [1.29, 1.82) is 0 Å². The van der Waals surface area contributed by atoms with Crippen molar-refractivity contribution in [2.24, 2.45) is 0 Å². The van der Waals surface area contributed by atoms with Crippen LogP contribution >= 0.6 is 39.7 Å². The number of aromatic amines is 1. The Labute approximate surface area is 118 Å². The first-order chi connectivity index (χ1) is 8.06. The number of H-pyrrole nitrogens is 1. The summed E-state index contributed by atoms with van der Waals surface area (Å²) in [5, 5.41) is 0.731. The highest BCUT2D eigenvalue weighted by molar-refractivity contribution is 9.10. The Morgan fingerprint density at radius 3 is 2.88 bits per heavy atom. The van der Waals surface area contributed by atoms with E-state index in [0.29, 0.717) is 11.1 Å². The molecule has 2 nitrogen and oxygen atoms in total. The Balaban J connectivity index is 2.34. The summed E-state index contributed by atoms with van der Waals surface area (Å²) in [6.45, 7) is 1.96. The number of hydrogen-bond acceptors (Lipinski definition) is 2. The van der Waals surface area contributed by atoms with Gasteiger partial charge < -0.3 is 4.98 Å². The number of aryl methyl sites for hydroxylation is 1. The predicted octanol–water partition coefficient (Wildman–Crippen LogP) is 4.45. The highest BCUT2D eigenvalue weighted by Crippen LogP contribution is 2.17. The molecule has 0 radical (unpaired) electrons. The Morgan fingerprint density at radius 1 is 1.47 bits per heavy atom. The van der Waals surface area contributed by atoms with Crippen LogP contribution in [0.1, 0.15) is 17.1 Å². The summed E-state index contributed by atoms with van der Waals surface area (Å²) in [6.07, 6.45) is 0.693. The van der Waals surface area contributed by atoms with Crippen molar-refractivity contribution in [3.8, 4) is 0 Å². The van der Waals surface area contributed by atoms with Gasteiger partial charge in [-0.05, 0) is 40.5 Å². The molecular weight excluding hydrogens is 320 g/mol. The van der Waals surface area contributed by atoms with Gasteiger partial charge in [-0.25, -0.2) is 4.98 Å². The Bertz CT molecular complexity index is 610. The lowest BCUT2D eigenvalue weighted by Gasteiger charge is -2.05. The van der Waals surface area contributed by atoms with E-state index >= 15 is 0 Å². The Morgan fingerprint density at radius 2 is 2.24 bits per heavy atom. The molecule has 1 aromatic heterocycles. The van der Waals surface area contributed by atoms with Crippen molar-refractivity contribution in [2.45, 2.75) is 13.3 Å². The molecule has 1 N–H and O–H groups in total. The standard InChI is InChI=1S/C12H10BrClN2S/c1-7-11(13)12(17)16-10(15-7)6-8-3-2-4-9(14)5-8/h2-5H,6H2,1H3,(H,15,16,17). The van der Waals surface area contributed by atoms with Crippen LogP contribution in [0.15, 0.2) is 28.7 Å². The largest absolute Gasteiger partial charge is 0.346 e. The molecule has 0 saturated carbocycles. The minimum absolute atomic E-state index is 0.582. The van der Waals surface area contributed by atoms with E-state index < -0.39 is 0 Å². The average molecular weight is 330 g/mol. The van der Waals surface area contributed by atoms with Gasteiger partial charge in [-0.2, -0.15) is 0 Å². The maximum Gasteiger partial charge on any atom is 0.144 e. The number of benzene rings is 1. The van der Waals surface area contributed by atoms with E-state index in [1.807, 2.05) is 31.2 Å². The van der Waals surface area contributed by atoms with E-state index in [-0.39, 0.29) is 0 Å². The zero-order valence-electron chi connectivity index (χ0n) is 9.13. The first-order valence-corrected chi connectivity index (χ1v) is 6.64. The fraction of sp³-hybridized carbons (Fsp3) is 0.167. The third-order valence-electron chi connectivity index (χ3n) is 2.35. The second-order valence-corrected chi connectivity index (χ2v) is 5.35. The monoisotopic (exact) mass is 328 g/mol. The summed E-state index contributed by atoms with van der Waals surface area (Å²) in [5.41, 5.74) is 2.10. The number of nitrogens with zero attached hydrogens (tertiary/aromatic N) is 1. The van der Waals surface area contributed by atoms with Crippen LogP contribution in [0.3, 0.4) is 0 Å². The highest BCUT2D eigenvalue weighted by Gasteiger charge is 2.04. The molecule has 0 aliphatic carbocycles. The molecule has 0 atom stereocenters. The number of halogens is 2. The fourth-order valence-electron chi connectivity index (χ4n) is 1.56. The molecule has 88 valence electrons. The van der Waals surface area contributed by atoms with Gasteiger partial charge in [0.15, 0.2) is 0 Å². The van der Waals surface area contributed by atoms with Gasteiger partial charge in [0.25, 0.3) is 0 Å². The van der Waals surface area contributed by atoms with Gasteiger partial charge in [0.05, 0.1) is 4.47 Å². The van der Waals surface area contributed by atoms with Crippen molar-refractivity contribution in [3.63, 3.8) is 0 Å². The van der Waals surface area contributed by atoms with Crippen molar-refractivity contribution < 1.29 is 0 Å². The fourth-order valence-corrected chi connectivity index (χ4v) is 2.22. The lowest BCUT2D eigenvalue weighted by atomic mass is 10.1. The van der Waals surface area contributed by atoms with Crippen molar-refractivity contribution in [3.05, 3.63) is 55.5 Å². The summed E-state index contributed by atoms with van der Waals surface area (Å²) in [7, 11) is 0. The van der Waals surface area contributed by atoms with Gasteiger partial charge in [0.1, 0.15) is 10.5 Å². The topological polar surface area (TPSA) is 28.7 Å². The lowest BCUT2D eigenvalue weighted by Crippen LogP contribution is -1.99. The van der Waals surface area contributed by atoms with Gasteiger partial charge in [-0.3, -0.25) is 0 Å². The molecule has 0 bridgehead atoms. The molecular formula is C12H10BrClN2S. The van der Waals surface area contributed by atoms with E-state index in [9.17, 15) is 0 Å². The summed E-state index contributed by atoms with van der Waals surface area (Å²) in [5.74, 6) is 0.845. The van der Waals surface area contributed by atoms with E-state index in [2.05, 4.69) is 25.9 Å². The number of aromatic nitrogens is 2. The molecule has 0 aliphatic rings. The van der Waals surface area contributed by atoms with Crippen LogP contribution in [-0.2, 0) is 6.42 Å². The molecule has 0 spiro atoms. The van der Waals surface area contributed by atoms with Crippen LogP contribution in [0.2, 0.25) is 5.02 Å². The van der Waals surface area contributed by atoms with E-state index in [1.54, 1.807) is 0 Å². The van der Waals surface area contributed by atoms with E-state index in [1.165, 1.54) is 0 Å². The molecule has 0 unspecified atom stereocenters. The number of nitrogens with one attached hydrogen (secondary N) is 1. The van der Waals surface area contributed by atoms with E-state index in [0.717, 1.165) is 26.6 Å². The summed E-state index contributed by atoms with van der Waals surface area (Å²) < 4.78 is 1.43. The minimum Gasteiger partial charge on any atom is -0.346 e. The van der Waals surface area contributed by atoms with Crippen LogP contribution in [-0.4, -0.2) is 9.97 Å². The zero-order chi connectivity index (χ0) is 12.4. The first kappa shape index (κ1) is 12.7. The normalized spacial score (nSPS) is 10.5. The smallest absolute Gasteiger partial charge is 0.144 e. The van der Waals surface area contributed by atoms with Gasteiger partial charge in [0, 0.05) is 17.1 Å². The molecule has 2 rings (SSSR count). The molecule has 0 amide bonds. The maximum absolute atomic E-state index is 5.94. The predicted molar refractivity (Wildman–Crippen MR) is 76.1 cm³/mol. The van der Waals surface area contributed by atoms with Gasteiger partial charge in [0.2, 0.25) is 0 Å². The number of hydrogen-bond donors (Lipinski definition) is 1. The second-order valence-electron chi connectivity index (χ2n) is 3.73. The first-order valence-electron chi connectivity index (χ1n) is 5.06. The van der Waals surface area contributed by atoms with Crippen LogP contribution in [0, 0.1) is 11.6 Å². The van der Waals surface area contributed by atoms with Crippen LogP contribution in [0.4, 0.5) is 0 Å². The van der Waals surface area contributed by atoms with Crippen molar-refractivity contribution in [1.82, 2.24) is 9.97 Å². The molecule has 0 aliphatic heterocycles. The quantitative estimate of drug-likeness (QED) is 0.824. The molecule has 17 heavy (non-hydrogen) atoms. The third-order valence-corrected chi connectivity index (χ3v) is 4.11. The molecule has 1 aromatic carbocycles. The number of rotatable bonds is 2.